The highest BCUT2D eigenvalue weighted by Crippen LogP contribution is 2.29. The first-order chi connectivity index (χ1) is 11.2. The van der Waals surface area contributed by atoms with Gasteiger partial charge in [0.2, 0.25) is 5.28 Å². The molecule has 0 amide bonds. The lowest BCUT2D eigenvalue weighted by Gasteiger charge is -2.29. The van der Waals surface area contributed by atoms with Gasteiger partial charge in [0, 0.05) is 19.6 Å². The number of nitrogens with zero attached hydrogens (tertiary/aromatic N) is 4. The number of aromatic nitrogens is 2. The summed E-state index contributed by atoms with van der Waals surface area (Å²) in [5, 5.41) is 3.54. The molecule has 0 unspecified atom stereocenters. The molecule has 2 aliphatic heterocycles. The van der Waals surface area contributed by atoms with Crippen molar-refractivity contribution in [1.82, 2.24) is 14.9 Å². The van der Waals surface area contributed by atoms with Gasteiger partial charge in [-0.2, -0.15) is 9.97 Å². The molecule has 0 saturated carbocycles. The lowest BCUT2D eigenvalue weighted by atomic mass is 10.3. The molecule has 0 radical (unpaired) electrons. The van der Waals surface area contributed by atoms with Gasteiger partial charge in [0.1, 0.15) is 5.69 Å². The van der Waals surface area contributed by atoms with Crippen LogP contribution < -0.4 is 16.0 Å². The first-order valence-electron chi connectivity index (χ1n) is 8.36. The van der Waals surface area contributed by atoms with Crippen molar-refractivity contribution < 1.29 is 4.74 Å². The minimum absolute atomic E-state index is 0.225. The molecule has 3 N–H and O–H groups in total. The average Bonchev–Trinajstić information content (AvgIpc) is 3.08. The number of halogens is 1. The molecule has 3 heterocycles. The molecule has 3 rings (SSSR count). The number of ether oxygens (including phenoxy) is 1. The zero-order valence-corrected chi connectivity index (χ0v) is 14.2. The standard InChI is InChI=1S/C15H25ClN6O/c16-15-19-13(18-4-3-7-21-5-1-2-6-21)12(17)14(20-15)22-8-10-23-11-9-22/h1-11,17H2,(H,18,19,20). The van der Waals surface area contributed by atoms with Gasteiger partial charge in [-0.25, -0.2) is 0 Å². The third-order valence-electron chi connectivity index (χ3n) is 4.35. The molecule has 8 heteroatoms. The van der Waals surface area contributed by atoms with Gasteiger partial charge in [0.05, 0.1) is 13.2 Å². The molecular formula is C15H25ClN6O. The Balaban J connectivity index is 1.58. The summed E-state index contributed by atoms with van der Waals surface area (Å²) in [7, 11) is 0. The number of hydrogen-bond donors (Lipinski definition) is 2. The van der Waals surface area contributed by atoms with Crippen LogP contribution in [0.4, 0.5) is 17.3 Å². The summed E-state index contributed by atoms with van der Waals surface area (Å²) in [6, 6.07) is 0. The number of hydrogen-bond acceptors (Lipinski definition) is 7. The molecule has 1 aromatic heterocycles. The first kappa shape index (κ1) is 16.5. The summed E-state index contributed by atoms with van der Waals surface area (Å²) < 4.78 is 5.37. The van der Waals surface area contributed by atoms with Crippen LogP contribution in [0.15, 0.2) is 0 Å². The predicted molar refractivity (Wildman–Crippen MR) is 93.3 cm³/mol. The maximum Gasteiger partial charge on any atom is 0.226 e. The summed E-state index contributed by atoms with van der Waals surface area (Å²) in [4.78, 5) is 13.1. The maximum absolute atomic E-state index is 6.25. The fraction of sp³-hybridized carbons (Fsp3) is 0.733. The van der Waals surface area contributed by atoms with E-state index in [-0.39, 0.29) is 5.28 Å². The van der Waals surface area contributed by atoms with E-state index in [4.69, 9.17) is 22.1 Å². The minimum Gasteiger partial charge on any atom is -0.393 e. The van der Waals surface area contributed by atoms with E-state index in [1.165, 1.54) is 25.9 Å². The van der Waals surface area contributed by atoms with Crippen LogP contribution in [0.25, 0.3) is 0 Å². The summed E-state index contributed by atoms with van der Waals surface area (Å²) in [5.74, 6) is 1.34. The van der Waals surface area contributed by atoms with Gasteiger partial charge in [-0.1, -0.05) is 0 Å². The van der Waals surface area contributed by atoms with Crippen LogP contribution in [0.5, 0.6) is 0 Å². The minimum atomic E-state index is 0.225. The van der Waals surface area contributed by atoms with E-state index < -0.39 is 0 Å². The van der Waals surface area contributed by atoms with Crippen LogP contribution in [-0.4, -0.2) is 67.4 Å². The Morgan fingerprint density at radius 3 is 2.61 bits per heavy atom. The fourth-order valence-electron chi connectivity index (χ4n) is 3.10. The molecular weight excluding hydrogens is 316 g/mol. The van der Waals surface area contributed by atoms with Crippen LogP contribution in [0, 0.1) is 0 Å². The van der Waals surface area contributed by atoms with Crippen molar-refractivity contribution in [2.24, 2.45) is 0 Å². The number of nitrogens with one attached hydrogen (secondary N) is 1. The summed E-state index contributed by atoms with van der Waals surface area (Å²) in [5.41, 5.74) is 6.82. The fourth-order valence-corrected chi connectivity index (χ4v) is 3.26. The second-order valence-electron chi connectivity index (χ2n) is 6.01. The molecule has 2 aliphatic rings. The van der Waals surface area contributed by atoms with Gasteiger partial charge in [0.15, 0.2) is 11.6 Å². The van der Waals surface area contributed by atoms with Crippen molar-refractivity contribution in [2.75, 3.05) is 68.4 Å². The normalized spacial score (nSPS) is 19.3. The Labute approximate surface area is 142 Å². The number of anilines is 3. The first-order valence-corrected chi connectivity index (χ1v) is 8.74. The lowest BCUT2D eigenvalue weighted by molar-refractivity contribution is 0.122. The number of rotatable bonds is 6. The summed E-state index contributed by atoms with van der Waals surface area (Å²) >= 11 is 6.07. The van der Waals surface area contributed by atoms with Gasteiger partial charge >= 0.3 is 0 Å². The Morgan fingerprint density at radius 2 is 1.87 bits per heavy atom. The van der Waals surface area contributed by atoms with E-state index in [2.05, 4.69) is 25.1 Å². The molecule has 7 nitrogen and oxygen atoms in total. The Bertz CT molecular complexity index is 517. The van der Waals surface area contributed by atoms with Crippen LogP contribution in [0.2, 0.25) is 5.28 Å². The van der Waals surface area contributed by atoms with E-state index in [1.807, 2.05) is 0 Å². The van der Waals surface area contributed by atoms with Crippen LogP contribution in [0.1, 0.15) is 19.3 Å². The quantitative estimate of drug-likeness (QED) is 0.599. The smallest absolute Gasteiger partial charge is 0.226 e. The SMILES string of the molecule is Nc1c(NCCCN2CCCC2)nc(Cl)nc1N1CCOCC1. The van der Waals surface area contributed by atoms with E-state index in [1.54, 1.807) is 0 Å². The van der Waals surface area contributed by atoms with E-state index in [0.29, 0.717) is 30.5 Å². The largest absolute Gasteiger partial charge is 0.393 e. The van der Waals surface area contributed by atoms with Crippen LogP contribution >= 0.6 is 11.6 Å². The Hall–Kier alpha value is -1.31. The van der Waals surface area contributed by atoms with Crippen LogP contribution in [0.3, 0.4) is 0 Å². The summed E-state index contributed by atoms with van der Waals surface area (Å²) in [6.45, 7) is 7.29. The van der Waals surface area contributed by atoms with E-state index in [9.17, 15) is 0 Å². The van der Waals surface area contributed by atoms with Gasteiger partial charge in [-0.05, 0) is 50.5 Å². The second kappa shape index (κ2) is 7.99. The van der Waals surface area contributed by atoms with E-state index >= 15 is 0 Å². The van der Waals surface area contributed by atoms with Crippen molar-refractivity contribution in [3.8, 4) is 0 Å². The van der Waals surface area contributed by atoms with Gasteiger partial charge in [-0.15, -0.1) is 0 Å². The van der Waals surface area contributed by atoms with Crippen molar-refractivity contribution >= 4 is 28.9 Å². The molecule has 1 aromatic rings. The number of likely N-dealkylation sites (tertiary alicyclic amines) is 1. The van der Waals surface area contributed by atoms with Crippen molar-refractivity contribution in [3.05, 3.63) is 5.28 Å². The van der Waals surface area contributed by atoms with Crippen LogP contribution in [-0.2, 0) is 4.74 Å². The molecule has 0 spiro atoms. The Kier molecular flexibility index (Phi) is 5.75. The van der Waals surface area contributed by atoms with Crippen molar-refractivity contribution in [2.45, 2.75) is 19.3 Å². The third-order valence-corrected chi connectivity index (χ3v) is 4.52. The third kappa shape index (κ3) is 4.37. The molecule has 128 valence electrons. The molecule has 2 fully saturated rings. The van der Waals surface area contributed by atoms with E-state index in [0.717, 1.165) is 32.6 Å². The number of nitrogens with two attached hydrogens (primary N) is 1. The highest BCUT2D eigenvalue weighted by atomic mass is 35.5. The zero-order chi connectivity index (χ0) is 16.1. The van der Waals surface area contributed by atoms with Gasteiger partial charge in [-0.3, -0.25) is 0 Å². The topological polar surface area (TPSA) is 79.5 Å². The van der Waals surface area contributed by atoms with Crippen molar-refractivity contribution in [1.29, 1.82) is 0 Å². The summed E-state index contributed by atoms with van der Waals surface area (Å²) in [6.07, 6.45) is 3.71. The Morgan fingerprint density at radius 1 is 1.13 bits per heavy atom. The molecule has 23 heavy (non-hydrogen) atoms. The maximum atomic E-state index is 6.25. The number of morpholine rings is 1. The molecule has 2 saturated heterocycles. The molecule has 0 bridgehead atoms. The average molecular weight is 341 g/mol. The highest BCUT2D eigenvalue weighted by molar-refractivity contribution is 6.28. The van der Waals surface area contributed by atoms with Gasteiger partial charge in [0.25, 0.3) is 0 Å². The zero-order valence-electron chi connectivity index (χ0n) is 13.4. The lowest BCUT2D eigenvalue weighted by Crippen LogP contribution is -2.37. The van der Waals surface area contributed by atoms with Crippen molar-refractivity contribution in [3.63, 3.8) is 0 Å². The monoisotopic (exact) mass is 340 g/mol. The molecule has 0 atom stereocenters. The molecule has 0 aromatic carbocycles. The highest BCUT2D eigenvalue weighted by Gasteiger charge is 2.19. The van der Waals surface area contributed by atoms with Gasteiger partial charge < -0.3 is 25.6 Å². The number of nitrogen functional groups attached to an aromatic ring is 1. The molecule has 0 aliphatic carbocycles. The second-order valence-corrected chi connectivity index (χ2v) is 6.35. The predicted octanol–water partition coefficient (Wildman–Crippen LogP) is 1.45.